The molecule has 2 nitrogen and oxygen atoms in total. The predicted molar refractivity (Wildman–Crippen MR) is 110 cm³/mol. The minimum absolute atomic E-state index is 0.0546. The van der Waals surface area contributed by atoms with Crippen molar-refractivity contribution in [3.8, 4) is 0 Å². The summed E-state index contributed by atoms with van der Waals surface area (Å²) < 4.78 is 0. The van der Waals surface area contributed by atoms with Gasteiger partial charge in [0.25, 0.3) is 0 Å². The summed E-state index contributed by atoms with van der Waals surface area (Å²) >= 11 is 0. The molecule has 0 aromatic carbocycles. The van der Waals surface area contributed by atoms with E-state index in [1.54, 1.807) is 5.57 Å². The van der Waals surface area contributed by atoms with E-state index in [2.05, 4.69) is 50.2 Å². The Morgan fingerprint density at radius 2 is 1.93 bits per heavy atom. The molecule has 1 N–H and O–H groups in total. The van der Waals surface area contributed by atoms with E-state index in [4.69, 9.17) is 0 Å². The smallest absolute Gasteiger partial charge is 0.0543 e. The summed E-state index contributed by atoms with van der Waals surface area (Å²) in [4.78, 5) is 4.42. The van der Waals surface area contributed by atoms with Crippen LogP contribution in [0.1, 0.15) is 69.9 Å². The van der Waals surface area contributed by atoms with Gasteiger partial charge in [-0.2, -0.15) is 0 Å². The lowest BCUT2D eigenvalue weighted by molar-refractivity contribution is -0.0784. The van der Waals surface area contributed by atoms with Crippen molar-refractivity contribution >= 4 is 5.57 Å². The van der Waals surface area contributed by atoms with Gasteiger partial charge < -0.3 is 5.11 Å². The van der Waals surface area contributed by atoms with Gasteiger partial charge in [0, 0.05) is 17.8 Å². The van der Waals surface area contributed by atoms with Crippen LogP contribution in [0, 0.1) is 35.5 Å². The first-order valence-corrected chi connectivity index (χ1v) is 11.0. The summed E-state index contributed by atoms with van der Waals surface area (Å²) in [5.41, 5.74) is 6.48. The first-order valence-electron chi connectivity index (χ1n) is 11.0. The predicted octanol–water partition coefficient (Wildman–Crippen LogP) is 5.71. The molecule has 1 heterocycles. The molecule has 4 aliphatic rings. The molecule has 0 amide bonds. The zero-order valence-electron chi connectivity index (χ0n) is 17.0. The van der Waals surface area contributed by atoms with Gasteiger partial charge in [-0.3, -0.25) is 4.98 Å². The Morgan fingerprint density at radius 1 is 1.07 bits per heavy atom. The highest BCUT2D eigenvalue weighted by Crippen LogP contribution is 2.66. The Hall–Kier alpha value is -1.41. The number of fused-ring (bicyclic) bond motifs is 5. The van der Waals surface area contributed by atoms with Crippen molar-refractivity contribution in [3.05, 3.63) is 47.3 Å². The maximum absolute atomic E-state index is 10.2. The van der Waals surface area contributed by atoms with Gasteiger partial charge in [0.2, 0.25) is 0 Å². The molecule has 0 aliphatic heterocycles. The van der Waals surface area contributed by atoms with Crippen molar-refractivity contribution in [1.82, 2.24) is 4.98 Å². The second kappa shape index (κ2) is 6.04. The van der Waals surface area contributed by atoms with Crippen LogP contribution >= 0.6 is 0 Å². The molecule has 1 aromatic heterocycles. The van der Waals surface area contributed by atoms with E-state index < -0.39 is 0 Å². The molecule has 3 unspecified atom stereocenters. The second-order valence-corrected chi connectivity index (χ2v) is 10.2. The average Bonchev–Trinajstić information content (AvgIpc) is 3.00. The van der Waals surface area contributed by atoms with Crippen LogP contribution in [0.2, 0.25) is 0 Å². The number of hydrogen-bond donors (Lipinski definition) is 1. The highest BCUT2D eigenvalue weighted by atomic mass is 16.3. The minimum atomic E-state index is -0.0546. The molecule has 1 aromatic rings. The average molecular weight is 364 g/mol. The van der Waals surface area contributed by atoms with Crippen LogP contribution in [-0.4, -0.2) is 16.2 Å². The van der Waals surface area contributed by atoms with E-state index in [1.807, 2.05) is 6.20 Å². The first-order chi connectivity index (χ1) is 12.9. The number of aliphatic hydroxyl groups excluding tert-OH is 1. The first kappa shape index (κ1) is 17.7. The van der Waals surface area contributed by atoms with Gasteiger partial charge in [-0.05, 0) is 97.8 Å². The van der Waals surface area contributed by atoms with Crippen LogP contribution in [0.4, 0.5) is 0 Å². The number of rotatable bonds is 1. The molecule has 0 spiro atoms. The summed E-state index contributed by atoms with van der Waals surface area (Å²) in [5.74, 6) is 2.25. The fourth-order valence-corrected chi connectivity index (χ4v) is 7.36. The van der Waals surface area contributed by atoms with Gasteiger partial charge in [-0.25, -0.2) is 0 Å². The Morgan fingerprint density at radius 3 is 2.74 bits per heavy atom. The van der Waals surface area contributed by atoms with Crippen LogP contribution < -0.4 is 0 Å². The maximum atomic E-state index is 10.2. The Kier molecular flexibility index (Phi) is 3.95. The van der Waals surface area contributed by atoms with E-state index >= 15 is 0 Å². The third-order valence-corrected chi connectivity index (χ3v) is 9.01. The third kappa shape index (κ3) is 2.45. The van der Waals surface area contributed by atoms with Gasteiger partial charge in [-0.15, -0.1) is 0 Å². The molecule has 0 saturated heterocycles. The van der Waals surface area contributed by atoms with Gasteiger partial charge in [0.1, 0.15) is 0 Å². The van der Waals surface area contributed by atoms with Crippen LogP contribution in [0.3, 0.4) is 0 Å². The molecule has 27 heavy (non-hydrogen) atoms. The third-order valence-electron chi connectivity index (χ3n) is 9.01. The molecule has 0 bridgehead atoms. The lowest BCUT2D eigenvalue weighted by Gasteiger charge is -2.59. The topological polar surface area (TPSA) is 33.1 Å². The van der Waals surface area contributed by atoms with E-state index in [1.165, 1.54) is 48.8 Å². The molecule has 3 fully saturated rings. The van der Waals surface area contributed by atoms with E-state index in [0.717, 1.165) is 30.6 Å². The number of aromatic nitrogens is 1. The number of allylic oxidation sites excluding steroid dienone is 4. The van der Waals surface area contributed by atoms with E-state index in [9.17, 15) is 5.11 Å². The van der Waals surface area contributed by atoms with Gasteiger partial charge in [0.15, 0.2) is 0 Å². The van der Waals surface area contributed by atoms with E-state index in [0.29, 0.717) is 5.41 Å². The molecule has 4 aliphatic carbocycles. The van der Waals surface area contributed by atoms with Crippen LogP contribution in [0.15, 0.2) is 36.2 Å². The summed E-state index contributed by atoms with van der Waals surface area (Å²) in [7, 11) is 0. The summed E-state index contributed by atoms with van der Waals surface area (Å²) in [6.45, 7) is 7.25. The van der Waals surface area contributed by atoms with Crippen LogP contribution in [-0.2, 0) is 0 Å². The molecule has 3 saturated carbocycles. The van der Waals surface area contributed by atoms with Crippen molar-refractivity contribution in [2.24, 2.45) is 28.6 Å². The number of hydrogen-bond acceptors (Lipinski definition) is 2. The molecule has 144 valence electrons. The summed E-state index contributed by atoms with van der Waals surface area (Å²) in [5, 5.41) is 10.2. The Bertz CT molecular complexity index is 823. The second-order valence-electron chi connectivity index (χ2n) is 10.2. The normalized spacial score (nSPS) is 43.3. The van der Waals surface area contributed by atoms with Crippen LogP contribution in [0.25, 0.3) is 5.57 Å². The quantitative estimate of drug-likeness (QED) is 0.693. The standard InChI is InChI=1S/C25H33NO/c1-16-10-13-26-15-20(16)22-7-6-21-19-5-4-17-14-18(27)8-11-24(17,2)23(19)9-12-25(21,22)3/h6-7,10,13,15,17-19,23,27H,4-5,8-9,11-12,14H2,1-3H3/t17?,18-,19?,23?,24-,25-/m0/s1. The highest BCUT2D eigenvalue weighted by molar-refractivity contribution is 5.79. The number of aliphatic hydroxyl groups is 1. The minimum Gasteiger partial charge on any atom is -0.393 e. The largest absolute Gasteiger partial charge is 0.393 e. The number of aryl methyl sites for hydroxylation is 1. The van der Waals surface area contributed by atoms with Crippen molar-refractivity contribution in [3.63, 3.8) is 0 Å². The summed E-state index contributed by atoms with van der Waals surface area (Å²) in [6.07, 6.45) is 17.2. The van der Waals surface area contributed by atoms with Gasteiger partial charge in [0.05, 0.1) is 6.10 Å². The monoisotopic (exact) mass is 363 g/mol. The molecular weight excluding hydrogens is 330 g/mol. The highest BCUT2D eigenvalue weighted by Gasteiger charge is 2.56. The zero-order chi connectivity index (χ0) is 18.8. The van der Waals surface area contributed by atoms with Crippen molar-refractivity contribution < 1.29 is 5.11 Å². The Balaban J connectivity index is 1.47. The van der Waals surface area contributed by atoms with Gasteiger partial charge in [-0.1, -0.05) is 31.6 Å². The number of nitrogens with zero attached hydrogens (tertiary/aromatic N) is 1. The molecule has 5 rings (SSSR count). The maximum Gasteiger partial charge on any atom is 0.0543 e. The van der Waals surface area contributed by atoms with Crippen molar-refractivity contribution in [2.75, 3.05) is 0 Å². The fraction of sp³-hybridized carbons (Fsp3) is 0.640. The van der Waals surface area contributed by atoms with Crippen LogP contribution in [0.5, 0.6) is 0 Å². The molecule has 0 radical (unpaired) electrons. The molecule has 2 heteroatoms. The SMILES string of the molecule is Cc1ccncc1C1=CC=C2C3CCC4C[C@@H](O)CC[C@]4(C)C3CC[C@]12C. The Labute approximate surface area is 163 Å². The number of pyridine rings is 1. The summed E-state index contributed by atoms with van der Waals surface area (Å²) in [6, 6.07) is 2.14. The van der Waals surface area contributed by atoms with E-state index in [-0.39, 0.29) is 11.5 Å². The zero-order valence-corrected chi connectivity index (χ0v) is 17.0. The van der Waals surface area contributed by atoms with Crippen molar-refractivity contribution in [1.29, 1.82) is 0 Å². The van der Waals surface area contributed by atoms with Gasteiger partial charge >= 0.3 is 0 Å². The van der Waals surface area contributed by atoms with Crippen molar-refractivity contribution in [2.45, 2.75) is 71.8 Å². The fourth-order valence-electron chi connectivity index (χ4n) is 7.36. The molecule has 6 atom stereocenters. The lowest BCUT2D eigenvalue weighted by atomic mass is 9.46. The molecular formula is C25H33NO. The lowest BCUT2D eigenvalue weighted by Crippen LogP contribution is -2.51.